The number of likely N-dealkylation sites (N-methyl/N-ethyl adjacent to an activating group) is 1. The number of carbonyl (C=O) groups is 3. The van der Waals surface area contributed by atoms with Crippen molar-refractivity contribution in [2.75, 3.05) is 37.0 Å². The lowest BCUT2D eigenvalue weighted by Crippen LogP contribution is -2.53. The van der Waals surface area contributed by atoms with E-state index in [2.05, 4.69) is 22.9 Å². The summed E-state index contributed by atoms with van der Waals surface area (Å²) in [5.41, 5.74) is 1.41. The largest absolute Gasteiger partial charge is 0.497 e. The standard InChI is InChI=1S/C41H64N4O5/c1-4-6-7-8-9-10-11-12-13-16-31-42-38(46)20-17-32-50-37-26-22-34(23-27-37)43-40(44-39(47)30-21-33-18-14-15-19-33)41(48)45(5-2)35-24-28-36(49-3)29-25-35/h22-29,33,40,43H,4-21,30-32H2,1-3H3,(H,42,46)(H,44,47). The predicted molar refractivity (Wildman–Crippen MR) is 204 cm³/mol. The van der Waals surface area contributed by atoms with Crippen LogP contribution in [0.4, 0.5) is 11.4 Å². The molecule has 0 spiro atoms. The van der Waals surface area contributed by atoms with Gasteiger partial charge in [0.2, 0.25) is 11.8 Å². The molecule has 1 unspecified atom stereocenters. The highest BCUT2D eigenvalue weighted by Gasteiger charge is 2.27. The van der Waals surface area contributed by atoms with Crippen molar-refractivity contribution in [1.29, 1.82) is 0 Å². The summed E-state index contributed by atoms with van der Waals surface area (Å²) >= 11 is 0. The zero-order valence-corrected chi connectivity index (χ0v) is 31.1. The predicted octanol–water partition coefficient (Wildman–Crippen LogP) is 8.77. The van der Waals surface area contributed by atoms with Gasteiger partial charge in [-0.05, 0) is 80.6 Å². The first-order valence-electron chi connectivity index (χ1n) is 19.4. The van der Waals surface area contributed by atoms with Gasteiger partial charge >= 0.3 is 0 Å². The highest BCUT2D eigenvalue weighted by Crippen LogP contribution is 2.28. The minimum atomic E-state index is -0.946. The van der Waals surface area contributed by atoms with Crippen LogP contribution in [0, 0.1) is 5.92 Å². The van der Waals surface area contributed by atoms with Crippen molar-refractivity contribution in [3.63, 3.8) is 0 Å². The van der Waals surface area contributed by atoms with Gasteiger partial charge in [0, 0.05) is 37.3 Å². The first kappa shape index (κ1) is 40.7. The Morgan fingerprint density at radius 3 is 2.00 bits per heavy atom. The number of amides is 3. The quantitative estimate of drug-likeness (QED) is 0.0672. The molecule has 0 radical (unpaired) electrons. The maximum atomic E-state index is 13.9. The molecule has 1 aliphatic carbocycles. The molecule has 2 aromatic rings. The number of rotatable bonds is 26. The van der Waals surface area contributed by atoms with Crippen LogP contribution in [0.3, 0.4) is 0 Å². The molecular weight excluding hydrogens is 628 g/mol. The molecule has 1 atom stereocenters. The molecule has 278 valence electrons. The molecule has 3 N–H and O–H groups in total. The summed E-state index contributed by atoms with van der Waals surface area (Å²) < 4.78 is 11.2. The summed E-state index contributed by atoms with van der Waals surface area (Å²) in [4.78, 5) is 40.8. The zero-order chi connectivity index (χ0) is 35.8. The summed E-state index contributed by atoms with van der Waals surface area (Å²) in [6.45, 7) is 5.78. The fourth-order valence-corrected chi connectivity index (χ4v) is 6.58. The van der Waals surface area contributed by atoms with E-state index in [1.807, 2.05) is 55.5 Å². The van der Waals surface area contributed by atoms with Gasteiger partial charge in [0.1, 0.15) is 11.5 Å². The lowest BCUT2D eigenvalue weighted by molar-refractivity contribution is -0.127. The molecule has 3 amide bonds. The van der Waals surface area contributed by atoms with E-state index in [-0.39, 0.29) is 17.7 Å². The van der Waals surface area contributed by atoms with Crippen molar-refractivity contribution in [2.45, 2.75) is 136 Å². The van der Waals surface area contributed by atoms with Crippen LogP contribution in [0.1, 0.15) is 129 Å². The van der Waals surface area contributed by atoms with Crippen LogP contribution in [0.5, 0.6) is 11.5 Å². The third-order valence-corrected chi connectivity index (χ3v) is 9.61. The minimum absolute atomic E-state index is 0.0702. The number of anilines is 2. The maximum absolute atomic E-state index is 13.9. The van der Waals surface area contributed by atoms with E-state index in [0.29, 0.717) is 55.5 Å². The Morgan fingerprint density at radius 2 is 1.38 bits per heavy atom. The van der Waals surface area contributed by atoms with Crippen LogP contribution in [-0.4, -0.2) is 50.7 Å². The number of ether oxygens (including phenoxy) is 2. The van der Waals surface area contributed by atoms with E-state index in [9.17, 15) is 14.4 Å². The van der Waals surface area contributed by atoms with Crippen LogP contribution >= 0.6 is 0 Å². The highest BCUT2D eigenvalue weighted by atomic mass is 16.5. The van der Waals surface area contributed by atoms with E-state index >= 15 is 0 Å². The summed E-state index contributed by atoms with van der Waals surface area (Å²) in [5.74, 6) is 1.65. The molecule has 0 heterocycles. The average Bonchev–Trinajstić information content (AvgIpc) is 3.66. The molecule has 1 saturated carbocycles. The molecule has 0 aliphatic heterocycles. The number of benzene rings is 2. The van der Waals surface area contributed by atoms with E-state index < -0.39 is 6.17 Å². The maximum Gasteiger partial charge on any atom is 0.270 e. The number of methoxy groups -OCH3 is 1. The number of unbranched alkanes of at least 4 members (excludes halogenated alkanes) is 9. The summed E-state index contributed by atoms with van der Waals surface area (Å²) in [6, 6.07) is 14.7. The molecule has 1 aliphatic rings. The number of hydrogen-bond acceptors (Lipinski definition) is 6. The van der Waals surface area contributed by atoms with Crippen molar-refractivity contribution < 1.29 is 23.9 Å². The number of hydrogen-bond donors (Lipinski definition) is 3. The van der Waals surface area contributed by atoms with Gasteiger partial charge in [-0.25, -0.2) is 0 Å². The summed E-state index contributed by atoms with van der Waals surface area (Å²) in [6.07, 6.45) is 19.0. The van der Waals surface area contributed by atoms with Crippen molar-refractivity contribution in [3.05, 3.63) is 48.5 Å². The molecule has 0 aromatic heterocycles. The van der Waals surface area contributed by atoms with Crippen LogP contribution < -0.4 is 30.3 Å². The smallest absolute Gasteiger partial charge is 0.270 e. The molecule has 2 aromatic carbocycles. The molecule has 9 nitrogen and oxygen atoms in total. The highest BCUT2D eigenvalue weighted by molar-refractivity contribution is 6.00. The van der Waals surface area contributed by atoms with Crippen molar-refractivity contribution in [2.24, 2.45) is 5.92 Å². The lowest BCUT2D eigenvalue weighted by Gasteiger charge is -2.28. The number of nitrogens with one attached hydrogen (secondary N) is 3. The molecule has 0 bridgehead atoms. The molecule has 3 rings (SSSR count). The number of carbonyl (C=O) groups excluding carboxylic acids is 3. The topological polar surface area (TPSA) is 109 Å². The van der Waals surface area contributed by atoms with Crippen LogP contribution in [0.2, 0.25) is 0 Å². The lowest BCUT2D eigenvalue weighted by atomic mass is 10.0. The van der Waals surface area contributed by atoms with Gasteiger partial charge in [0.25, 0.3) is 5.91 Å². The fraction of sp³-hybridized carbons (Fsp3) is 0.634. The molecule has 9 heteroatoms. The summed E-state index contributed by atoms with van der Waals surface area (Å²) in [7, 11) is 1.61. The fourth-order valence-electron chi connectivity index (χ4n) is 6.58. The zero-order valence-electron chi connectivity index (χ0n) is 31.1. The summed E-state index contributed by atoms with van der Waals surface area (Å²) in [5, 5.41) is 9.25. The average molecular weight is 693 g/mol. The SMILES string of the molecule is CCCCCCCCCCCCNC(=O)CCCOc1ccc(NC(NC(=O)CCC2CCCC2)C(=O)N(CC)c2ccc(OC)cc2)cc1. The van der Waals surface area contributed by atoms with Gasteiger partial charge in [0.05, 0.1) is 13.7 Å². The Labute approximate surface area is 301 Å². The Bertz CT molecular complexity index is 1230. The van der Waals surface area contributed by atoms with Gasteiger partial charge in [-0.15, -0.1) is 0 Å². The van der Waals surface area contributed by atoms with E-state index in [1.165, 1.54) is 83.5 Å². The minimum Gasteiger partial charge on any atom is -0.497 e. The Hall–Kier alpha value is -3.75. The van der Waals surface area contributed by atoms with Gasteiger partial charge in [-0.2, -0.15) is 0 Å². The second-order valence-corrected chi connectivity index (χ2v) is 13.6. The van der Waals surface area contributed by atoms with Gasteiger partial charge in [0.15, 0.2) is 6.17 Å². The third-order valence-electron chi connectivity index (χ3n) is 9.61. The molecule has 0 saturated heterocycles. The van der Waals surface area contributed by atoms with Gasteiger partial charge in [-0.1, -0.05) is 90.4 Å². The number of nitrogens with zero attached hydrogens (tertiary/aromatic N) is 1. The van der Waals surface area contributed by atoms with Crippen molar-refractivity contribution in [1.82, 2.24) is 10.6 Å². The van der Waals surface area contributed by atoms with Crippen molar-refractivity contribution >= 4 is 29.1 Å². The first-order chi connectivity index (χ1) is 24.4. The third kappa shape index (κ3) is 15.9. The second kappa shape index (κ2) is 24.4. The van der Waals surface area contributed by atoms with Crippen LogP contribution in [0.15, 0.2) is 48.5 Å². The first-order valence-corrected chi connectivity index (χ1v) is 19.4. The van der Waals surface area contributed by atoms with E-state index in [0.717, 1.165) is 25.1 Å². The molecular formula is C41H64N4O5. The van der Waals surface area contributed by atoms with Gasteiger partial charge < -0.3 is 30.3 Å². The Morgan fingerprint density at radius 1 is 0.760 bits per heavy atom. The van der Waals surface area contributed by atoms with E-state index in [4.69, 9.17) is 9.47 Å². The second-order valence-electron chi connectivity index (χ2n) is 13.6. The van der Waals surface area contributed by atoms with Gasteiger partial charge in [-0.3, -0.25) is 14.4 Å². The Balaban J connectivity index is 1.42. The normalized spacial score (nSPS) is 13.4. The van der Waals surface area contributed by atoms with Crippen LogP contribution in [-0.2, 0) is 14.4 Å². The van der Waals surface area contributed by atoms with Crippen LogP contribution in [0.25, 0.3) is 0 Å². The Kier molecular flexibility index (Phi) is 19.9. The monoisotopic (exact) mass is 692 g/mol. The van der Waals surface area contributed by atoms with Crippen molar-refractivity contribution in [3.8, 4) is 11.5 Å². The molecule has 1 fully saturated rings. The van der Waals surface area contributed by atoms with E-state index in [1.54, 1.807) is 12.0 Å². The molecule has 50 heavy (non-hydrogen) atoms.